The second-order valence-corrected chi connectivity index (χ2v) is 14.6. The van der Waals surface area contributed by atoms with Gasteiger partial charge in [-0.2, -0.15) is 0 Å². The lowest BCUT2D eigenvalue weighted by molar-refractivity contribution is 0.633. The summed E-state index contributed by atoms with van der Waals surface area (Å²) in [6, 6.07) is 72.1. The highest BCUT2D eigenvalue weighted by molar-refractivity contribution is 5.94. The Morgan fingerprint density at radius 1 is 0.340 bits per heavy atom. The average Bonchev–Trinajstić information content (AvgIpc) is 3.86. The monoisotopic (exact) mass is 672 g/mol. The fourth-order valence-corrected chi connectivity index (χ4v) is 10.4. The van der Waals surface area contributed by atoms with Crippen molar-refractivity contribution < 1.29 is 0 Å². The van der Waals surface area contributed by atoms with E-state index in [4.69, 9.17) is 4.98 Å². The van der Waals surface area contributed by atoms with Crippen molar-refractivity contribution >= 4 is 11.0 Å². The Morgan fingerprint density at radius 2 is 0.755 bits per heavy atom. The number of fused-ring (bicyclic) bond motifs is 17. The lowest BCUT2D eigenvalue weighted by atomic mass is 9.52. The molecule has 1 aromatic heterocycles. The fourth-order valence-electron chi connectivity index (χ4n) is 10.4. The first kappa shape index (κ1) is 28.9. The van der Waals surface area contributed by atoms with Crippen LogP contribution < -0.4 is 0 Å². The minimum atomic E-state index is -0.505. The van der Waals surface area contributed by atoms with Gasteiger partial charge in [0.05, 0.1) is 21.9 Å². The molecule has 0 amide bonds. The molecule has 0 N–H and O–H groups in total. The minimum absolute atomic E-state index is 0.441. The second kappa shape index (κ2) is 10.4. The van der Waals surface area contributed by atoms with Gasteiger partial charge < -0.3 is 0 Å². The molecule has 3 aliphatic rings. The third-order valence-corrected chi connectivity index (χ3v) is 12.3. The summed E-state index contributed by atoms with van der Waals surface area (Å²) in [5, 5.41) is 0. The van der Waals surface area contributed by atoms with Crippen LogP contribution in [0.5, 0.6) is 0 Å². The molecular formula is C51H32N2. The van der Waals surface area contributed by atoms with Gasteiger partial charge in [0.15, 0.2) is 0 Å². The molecule has 0 unspecified atom stereocenters. The molecule has 0 bridgehead atoms. The van der Waals surface area contributed by atoms with E-state index in [1.807, 2.05) is 0 Å². The summed E-state index contributed by atoms with van der Waals surface area (Å²) >= 11 is 0. The third kappa shape index (κ3) is 3.46. The first-order valence-corrected chi connectivity index (χ1v) is 18.5. The second-order valence-electron chi connectivity index (χ2n) is 14.6. The van der Waals surface area contributed by atoms with Crippen LogP contribution in [0.3, 0.4) is 0 Å². The Kier molecular flexibility index (Phi) is 5.67. The van der Waals surface area contributed by atoms with Gasteiger partial charge in [0.25, 0.3) is 0 Å². The number of nitrogens with zero attached hydrogens (tertiary/aromatic N) is 2. The molecule has 53 heavy (non-hydrogen) atoms. The van der Waals surface area contributed by atoms with E-state index < -0.39 is 10.8 Å². The van der Waals surface area contributed by atoms with E-state index in [1.54, 1.807) is 0 Å². The van der Waals surface area contributed by atoms with Gasteiger partial charge in [0.1, 0.15) is 5.82 Å². The standard InChI is InChI=1S/C51H32N2/c1-2-16-33(17-3-1)49-52-47-28-14-15-29-48(47)53(49)34-30-31-42-38(32-34)37-20-6-9-23-41(37)51(42)45-26-12-10-24-43(45)50(44-25-11-13-27-46(44)51)39-21-7-4-18-35(39)36-19-5-8-22-40(36)50/h1-32H. The molecule has 2 heteroatoms. The van der Waals surface area contributed by atoms with E-state index >= 15 is 0 Å². The van der Waals surface area contributed by atoms with Crippen LogP contribution in [-0.4, -0.2) is 9.55 Å². The molecule has 3 aliphatic carbocycles. The van der Waals surface area contributed by atoms with Crippen LogP contribution >= 0.6 is 0 Å². The van der Waals surface area contributed by atoms with Gasteiger partial charge in [0, 0.05) is 11.3 Å². The molecule has 0 radical (unpaired) electrons. The number of rotatable bonds is 2. The highest BCUT2D eigenvalue weighted by Gasteiger charge is 2.58. The van der Waals surface area contributed by atoms with Crippen LogP contribution in [0.25, 0.3) is 50.4 Å². The normalized spacial score (nSPS) is 14.7. The van der Waals surface area contributed by atoms with Crippen molar-refractivity contribution in [1.29, 1.82) is 0 Å². The van der Waals surface area contributed by atoms with Gasteiger partial charge in [-0.05, 0) is 91.0 Å². The van der Waals surface area contributed by atoms with E-state index in [0.717, 1.165) is 28.1 Å². The van der Waals surface area contributed by atoms with Crippen molar-refractivity contribution in [2.24, 2.45) is 0 Å². The van der Waals surface area contributed by atoms with Gasteiger partial charge in [-0.25, -0.2) is 4.98 Å². The van der Waals surface area contributed by atoms with Crippen molar-refractivity contribution in [1.82, 2.24) is 9.55 Å². The summed E-state index contributed by atoms with van der Waals surface area (Å²) < 4.78 is 2.34. The summed E-state index contributed by atoms with van der Waals surface area (Å²) in [5.41, 5.74) is 19.3. The quantitative estimate of drug-likeness (QED) is 0.179. The number of imidazole rings is 1. The molecule has 8 aromatic carbocycles. The van der Waals surface area contributed by atoms with Crippen molar-refractivity contribution in [3.05, 3.63) is 239 Å². The smallest absolute Gasteiger partial charge is 0.145 e. The Morgan fingerprint density at radius 3 is 1.30 bits per heavy atom. The zero-order valence-corrected chi connectivity index (χ0v) is 28.9. The van der Waals surface area contributed by atoms with Crippen LogP contribution in [0.15, 0.2) is 194 Å². The van der Waals surface area contributed by atoms with E-state index in [-0.39, 0.29) is 0 Å². The molecule has 0 atom stereocenters. The number of para-hydroxylation sites is 2. The fraction of sp³-hybridized carbons (Fsp3) is 0.0392. The van der Waals surface area contributed by atoms with Gasteiger partial charge in [0.2, 0.25) is 0 Å². The molecule has 9 aromatic rings. The number of aromatic nitrogens is 2. The minimum Gasteiger partial charge on any atom is -0.292 e. The van der Waals surface area contributed by atoms with Crippen LogP contribution in [0.2, 0.25) is 0 Å². The molecule has 246 valence electrons. The molecule has 0 aliphatic heterocycles. The van der Waals surface area contributed by atoms with E-state index in [0.29, 0.717) is 0 Å². The highest BCUT2D eigenvalue weighted by Crippen LogP contribution is 2.67. The molecule has 1 heterocycles. The average molecular weight is 673 g/mol. The molecule has 2 nitrogen and oxygen atoms in total. The van der Waals surface area contributed by atoms with E-state index in [2.05, 4.69) is 199 Å². The zero-order chi connectivity index (χ0) is 34.7. The molecule has 0 saturated heterocycles. The SMILES string of the molecule is c1ccc(-c2nc3ccccc3n2-c2ccc3c(c2)-c2ccccc2C32c3ccccc3C3(c4ccccc4-c4ccccc43)c3ccccc32)cc1. The molecule has 0 saturated carbocycles. The Bertz CT molecular complexity index is 2870. The first-order valence-electron chi connectivity index (χ1n) is 18.5. The predicted molar refractivity (Wildman–Crippen MR) is 215 cm³/mol. The molecule has 0 fully saturated rings. The Hall–Kier alpha value is -6.77. The highest BCUT2D eigenvalue weighted by atomic mass is 15.1. The lowest BCUT2D eigenvalue weighted by Gasteiger charge is -2.48. The summed E-state index contributed by atoms with van der Waals surface area (Å²) in [5.74, 6) is 0.946. The maximum atomic E-state index is 5.18. The summed E-state index contributed by atoms with van der Waals surface area (Å²) in [6.45, 7) is 0. The van der Waals surface area contributed by atoms with Crippen LogP contribution in [0.1, 0.15) is 44.5 Å². The number of benzene rings is 8. The first-order chi connectivity index (χ1) is 26.3. The van der Waals surface area contributed by atoms with E-state index in [9.17, 15) is 0 Å². The number of hydrogen-bond donors (Lipinski definition) is 0. The summed E-state index contributed by atoms with van der Waals surface area (Å²) in [7, 11) is 0. The van der Waals surface area contributed by atoms with Crippen molar-refractivity contribution in [3.63, 3.8) is 0 Å². The Balaban J connectivity index is 1.19. The largest absolute Gasteiger partial charge is 0.292 e. The van der Waals surface area contributed by atoms with Crippen LogP contribution in [0.4, 0.5) is 0 Å². The predicted octanol–water partition coefficient (Wildman–Crippen LogP) is 11.7. The molecule has 12 rings (SSSR count). The van der Waals surface area contributed by atoms with Gasteiger partial charge >= 0.3 is 0 Å². The van der Waals surface area contributed by atoms with Gasteiger partial charge in [-0.3, -0.25) is 4.57 Å². The van der Waals surface area contributed by atoms with Crippen molar-refractivity contribution in [2.75, 3.05) is 0 Å². The maximum Gasteiger partial charge on any atom is 0.145 e. The van der Waals surface area contributed by atoms with Crippen LogP contribution in [0, 0.1) is 0 Å². The lowest BCUT2D eigenvalue weighted by Crippen LogP contribution is -2.43. The summed E-state index contributed by atoms with van der Waals surface area (Å²) in [6.07, 6.45) is 0. The molecular weight excluding hydrogens is 641 g/mol. The molecule has 2 spiro atoms. The van der Waals surface area contributed by atoms with Gasteiger partial charge in [-0.1, -0.05) is 170 Å². The zero-order valence-electron chi connectivity index (χ0n) is 28.9. The maximum absolute atomic E-state index is 5.18. The Labute approximate surface area is 308 Å². The third-order valence-electron chi connectivity index (χ3n) is 12.3. The van der Waals surface area contributed by atoms with Crippen molar-refractivity contribution in [3.8, 4) is 39.3 Å². The van der Waals surface area contributed by atoms with Crippen molar-refractivity contribution in [2.45, 2.75) is 10.8 Å². The topological polar surface area (TPSA) is 17.8 Å². The van der Waals surface area contributed by atoms with Gasteiger partial charge in [-0.15, -0.1) is 0 Å². The number of hydrogen-bond acceptors (Lipinski definition) is 1. The van der Waals surface area contributed by atoms with Crippen LogP contribution in [-0.2, 0) is 10.8 Å². The summed E-state index contributed by atoms with van der Waals surface area (Å²) in [4.78, 5) is 5.18. The van der Waals surface area contributed by atoms with E-state index in [1.165, 1.54) is 66.8 Å².